The van der Waals surface area contributed by atoms with Gasteiger partial charge in [-0.25, -0.2) is 0 Å². The van der Waals surface area contributed by atoms with Gasteiger partial charge in [-0.3, -0.25) is 4.79 Å². The highest BCUT2D eigenvalue weighted by Crippen LogP contribution is 2.17. The molecule has 0 saturated heterocycles. The summed E-state index contributed by atoms with van der Waals surface area (Å²) >= 11 is 1.58. The minimum atomic E-state index is -0.00694. The summed E-state index contributed by atoms with van der Waals surface area (Å²) in [5.41, 5.74) is 1.31. The Labute approximate surface area is 131 Å². The zero-order valence-corrected chi connectivity index (χ0v) is 13.8. The van der Waals surface area contributed by atoms with E-state index >= 15 is 0 Å². The molecule has 0 amide bonds. The predicted octanol–water partition coefficient (Wildman–Crippen LogP) is 4.24. The Morgan fingerprint density at radius 3 is 2.48 bits per heavy atom. The van der Waals surface area contributed by atoms with E-state index in [-0.39, 0.29) is 11.3 Å². The van der Waals surface area contributed by atoms with Crippen molar-refractivity contribution in [3.63, 3.8) is 0 Å². The van der Waals surface area contributed by atoms with Crippen LogP contribution in [0.1, 0.15) is 40.4 Å². The van der Waals surface area contributed by atoms with Gasteiger partial charge < -0.3 is 5.32 Å². The van der Waals surface area contributed by atoms with Crippen molar-refractivity contribution in [1.82, 2.24) is 5.32 Å². The molecule has 112 valence electrons. The molecule has 1 heterocycles. The molecule has 1 aromatic carbocycles. The molecular formula is C18H23NOS. The number of aryl methyl sites for hydroxylation is 1. The van der Waals surface area contributed by atoms with Gasteiger partial charge in [0.15, 0.2) is 5.78 Å². The Balaban J connectivity index is 1.80. The Bertz CT molecular complexity index is 586. The monoisotopic (exact) mass is 301 g/mol. The number of Topliss-reactive ketones (excluding diaryl/α,β-unsaturated/α-hetero) is 1. The van der Waals surface area contributed by atoms with Gasteiger partial charge in [-0.15, -0.1) is 11.3 Å². The second-order valence-electron chi connectivity index (χ2n) is 6.06. The highest BCUT2D eigenvalue weighted by atomic mass is 32.1. The fourth-order valence-corrected chi connectivity index (χ4v) is 3.23. The van der Waals surface area contributed by atoms with E-state index < -0.39 is 0 Å². The third-order valence-corrected chi connectivity index (χ3v) is 4.50. The molecule has 0 saturated carbocycles. The first-order valence-electron chi connectivity index (χ1n) is 7.35. The molecule has 1 N–H and O–H groups in total. The molecule has 3 heteroatoms. The van der Waals surface area contributed by atoms with Gasteiger partial charge in [0.25, 0.3) is 0 Å². The maximum Gasteiger partial charge on any atom is 0.174 e. The van der Waals surface area contributed by atoms with Crippen LogP contribution in [0.4, 0.5) is 0 Å². The molecule has 1 aromatic heterocycles. The van der Waals surface area contributed by atoms with Crippen LogP contribution in [0.3, 0.4) is 0 Å². The van der Waals surface area contributed by atoms with Crippen LogP contribution < -0.4 is 5.32 Å². The number of hydrogen-bond acceptors (Lipinski definition) is 3. The molecule has 0 radical (unpaired) electrons. The van der Waals surface area contributed by atoms with Crippen LogP contribution in [0.5, 0.6) is 0 Å². The van der Waals surface area contributed by atoms with Crippen LogP contribution in [0.15, 0.2) is 42.5 Å². The number of thiophene rings is 1. The quantitative estimate of drug-likeness (QED) is 0.775. The van der Waals surface area contributed by atoms with E-state index in [1.54, 1.807) is 11.3 Å². The molecule has 0 fully saturated rings. The van der Waals surface area contributed by atoms with Crippen molar-refractivity contribution in [1.29, 1.82) is 0 Å². The van der Waals surface area contributed by atoms with E-state index in [0.717, 1.165) is 17.8 Å². The summed E-state index contributed by atoms with van der Waals surface area (Å²) < 4.78 is 0. The van der Waals surface area contributed by atoms with Gasteiger partial charge in [-0.1, -0.05) is 30.3 Å². The van der Waals surface area contributed by atoms with E-state index in [9.17, 15) is 4.79 Å². The number of nitrogens with one attached hydrogen (secondary N) is 1. The van der Waals surface area contributed by atoms with E-state index in [1.165, 1.54) is 10.4 Å². The number of ketones is 1. The molecule has 0 bridgehead atoms. The van der Waals surface area contributed by atoms with Crippen molar-refractivity contribution in [3.05, 3.63) is 57.8 Å². The van der Waals surface area contributed by atoms with Crippen LogP contribution in [-0.4, -0.2) is 17.9 Å². The SMILES string of the molecule is Cc1ccc(C(=O)CCNC(C)(C)Cc2ccccc2)s1. The Morgan fingerprint density at radius 2 is 1.86 bits per heavy atom. The number of benzene rings is 1. The Hall–Kier alpha value is -1.45. The van der Waals surface area contributed by atoms with Crippen LogP contribution in [-0.2, 0) is 6.42 Å². The molecular weight excluding hydrogens is 278 g/mol. The molecule has 2 nitrogen and oxygen atoms in total. The fraction of sp³-hybridized carbons (Fsp3) is 0.389. The van der Waals surface area contributed by atoms with Gasteiger partial charge in [-0.05, 0) is 44.9 Å². The summed E-state index contributed by atoms with van der Waals surface area (Å²) in [6.07, 6.45) is 1.51. The Morgan fingerprint density at radius 1 is 1.14 bits per heavy atom. The molecule has 0 atom stereocenters. The zero-order chi connectivity index (χ0) is 15.3. The predicted molar refractivity (Wildman–Crippen MR) is 90.2 cm³/mol. The van der Waals surface area contributed by atoms with E-state index in [2.05, 4.69) is 43.4 Å². The summed E-state index contributed by atoms with van der Waals surface area (Å²) in [6.45, 7) is 7.11. The summed E-state index contributed by atoms with van der Waals surface area (Å²) in [5, 5.41) is 3.50. The van der Waals surface area contributed by atoms with Gasteiger partial charge in [0.2, 0.25) is 0 Å². The van der Waals surface area contributed by atoms with Gasteiger partial charge in [-0.2, -0.15) is 0 Å². The van der Waals surface area contributed by atoms with Crippen molar-refractivity contribution >= 4 is 17.1 Å². The largest absolute Gasteiger partial charge is 0.311 e. The first-order valence-corrected chi connectivity index (χ1v) is 8.16. The number of rotatable bonds is 7. The lowest BCUT2D eigenvalue weighted by molar-refractivity contribution is 0.0984. The number of carbonyl (C=O) groups is 1. The molecule has 2 aromatic rings. The first-order chi connectivity index (χ1) is 9.96. The van der Waals surface area contributed by atoms with Gasteiger partial charge in [0, 0.05) is 23.4 Å². The second-order valence-corrected chi connectivity index (χ2v) is 7.34. The summed E-state index contributed by atoms with van der Waals surface area (Å²) in [7, 11) is 0. The summed E-state index contributed by atoms with van der Waals surface area (Å²) in [4.78, 5) is 14.1. The fourth-order valence-electron chi connectivity index (χ4n) is 2.39. The van der Waals surface area contributed by atoms with Crippen LogP contribution in [0, 0.1) is 6.92 Å². The van der Waals surface area contributed by atoms with E-state index in [0.29, 0.717) is 6.42 Å². The van der Waals surface area contributed by atoms with Crippen LogP contribution in [0.2, 0.25) is 0 Å². The standard InChI is InChI=1S/C18H23NOS/c1-14-9-10-17(21-14)16(20)11-12-19-18(2,3)13-15-7-5-4-6-8-15/h4-10,19H,11-13H2,1-3H3. The molecule has 0 spiro atoms. The number of carbonyl (C=O) groups excluding carboxylic acids is 1. The summed E-state index contributed by atoms with van der Waals surface area (Å²) in [5.74, 6) is 0.233. The van der Waals surface area contributed by atoms with Crippen LogP contribution >= 0.6 is 11.3 Å². The van der Waals surface area contributed by atoms with E-state index in [1.807, 2.05) is 25.1 Å². The van der Waals surface area contributed by atoms with Crippen molar-refractivity contribution in [2.24, 2.45) is 0 Å². The average Bonchev–Trinajstić information content (AvgIpc) is 2.86. The maximum absolute atomic E-state index is 12.1. The molecule has 0 aliphatic heterocycles. The lowest BCUT2D eigenvalue weighted by Gasteiger charge is -2.26. The van der Waals surface area contributed by atoms with Crippen LogP contribution in [0.25, 0.3) is 0 Å². The topological polar surface area (TPSA) is 29.1 Å². The molecule has 0 aliphatic carbocycles. The molecule has 0 unspecified atom stereocenters. The maximum atomic E-state index is 12.1. The average molecular weight is 301 g/mol. The van der Waals surface area contributed by atoms with Gasteiger partial charge in [0.1, 0.15) is 0 Å². The minimum absolute atomic E-state index is 0.00694. The molecule has 2 rings (SSSR count). The van der Waals surface area contributed by atoms with Crippen molar-refractivity contribution < 1.29 is 4.79 Å². The van der Waals surface area contributed by atoms with E-state index in [4.69, 9.17) is 0 Å². The van der Waals surface area contributed by atoms with Crippen molar-refractivity contribution in [2.45, 2.75) is 39.2 Å². The molecule has 21 heavy (non-hydrogen) atoms. The van der Waals surface area contributed by atoms with Crippen molar-refractivity contribution in [2.75, 3.05) is 6.54 Å². The third kappa shape index (κ3) is 5.10. The highest BCUT2D eigenvalue weighted by Gasteiger charge is 2.18. The number of hydrogen-bond donors (Lipinski definition) is 1. The minimum Gasteiger partial charge on any atom is -0.311 e. The lowest BCUT2D eigenvalue weighted by Crippen LogP contribution is -2.42. The highest BCUT2D eigenvalue weighted by molar-refractivity contribution is 7.14. The van der Waals surface area contributed by atoms with Gasteiger partial charge in [0.05, 0.1) is 4.88 Å². The lowest BCUT2D eigenvalue weighted by atomic mass is 9.95. The second kappa shape index (κ2) is 7.01. The summed E-state index contributed by atoms with van der Waals surface area (Å²) in [6, 6.07) is 14.4. The smallest absolute Gasteiger partial charge is 0.174 e. The van der Waals surface area contributed by atoms with Crippen molar-refractivity contribution in [3.8, 4) is 0 Å². The Kier molecular flexibility index (Phi) is 5.32. The zero-order valence-electron chi connectivity index (χ0n) is 13.0. The van der Waals surface area contributed by atoms with Gasteiger partial charge >= 0.3 is 0 Å². The normalized spacial score (nSPS) is 11.6. The third-order valence-electron chi connectivity index (χ3n) is 3.46. The first kappa shape index (κ1) is 15.9. The molecule has 0 aliphatic rings.